The van der Waals surface area contributed by atoms with Gasteiger partial charge in [-0.1, -0.05) is 23.2 Å². The molecule has 204 valence electrons. The van der Waals surface area contributed by atoms with Crippen molar-refractivity contribution >= 4 is 33.2 Å². The lowest BCUT2D eigenvalue weighted by Crippen LogP contribution is -2.34. The second-order valence-corrected chi connectivity index (χ2v) is 11.1. The summed E-state index contributed by atoms with van der Waals surface area (Å²) in [5, 5.41) is 22.4. The maximum absolute atomic E-state index is 13.1. The minimum absolute atomic E-state index is 0.0684. The van der Waals surface area contributed by atoms with E-state index in [-0.39, 0.29) is 45.8 Å². The minimum Gasteiger partial charge on any atom is -0.507 e. The fraction of sp³-hybridized carbons (Fsp3) is 0.318. The van der Waals surface area contributed by atoms with Gasteiger partial charge >= 0.3 is 5.69 Å². The molecule has 4 N–H and O–H groups in total. The topological polar surface area (TPSA) is 164 Å². The second-order valence-electron chi connectivity index (χ2n) is 8.50. The van der Waals surface area contributed by atoms with Crippen LogP contribution in [0, 0.1) is 5.92 Å². The van der Waals surface area contributed by atoms with Crippen molar-refractivity contribution in [3.63, 3.8) is 0 Å². The molecule has 16 heteroatoms. The van der Waals surface area contributed by atoms with Gasteiger partial charge in [0.05, 0.1) is 21.8 Å². The number of nitrogens with zero attached hydrogens (tertiary/aromatic N) is 2. The van der Waals surface area contributed by atoms with Gasteiger partial charge < -0.3 is 14.9 Å². The van der Waals surface area contributed by atoms with Gasteiger partial charge in [0.15, 0.2) is 11.4 Å². The lowest BCUT2D eigenvalue weighted by molar-refractivity contribution is 0.0400. The van der Waals surface area contributed by atoms with E-state index in [1.807, 2.05) is 0 Å². The van der Waals surface area contributed by atoms with Gasteiger partial charge in [0.2, 0.25) is 10.0 Å². The Bertz CT molecular complexity index is 1570. The summed E-state index contributed by atoms with van der Waals surface area (Å²) in [6, 6.07) is 5.63. The molecule has 3 aromatic rings. The molecule has 1 aliphatic carbocycles. The largest absolute Gasteiger partial charge is 0.507 e. The zero-order valence-corrected chi connectivity index (χ0v) is 21.5. The van der Waals surface area contributed by atoms with Gasteiger partial charge in [-0.05, 0) is 49.4 Å². The normalized spacial score (nSPS) is 17.4. The van der Waals surface area contributed by atoms with E-state index in [1.165, 1.54) is 6.07 Å². The number of sulfonamides is 1. The molecule has 0 aliphatic heterocycles. The molecule has 1 aliphatic rings. The number of aromatic amines is 1. The molecule has 0 amide bonds. The van der Waals surface area contributed by atoms with Gasteiger partial charge in [0, 0.05) is 12.6 Å². The fourth-order valence-corrected chi connectivity index (χ4v) is 5.51. The number of rotatable bonds is 9. The van der Waals surface area contributed by atoms with Gasteiger partial charge in [0.25, 0.3) is 12.0 Å². The van der Waals surface area contributed by atoms with E-state index >= 15 is 0 Å². The Morgan fingerprint density at radius 2 is 1.84 bits per heavy atom. The van der Waals surface area contributed by atoms with Gasteiger partial charge in [0.1, 0.15) is 16.4 Å². The van der Waals surface area contributed by atoms with Crippen LogP contribution >= 0.6 is 23.2 Å². The Morgan fingerprint density at radius 3 is 2.45 bits per heavy atom. The minimum atomic E-state index is -4.13. The van der Waals surface area contributed by atoms with E-state index in [0.29, 0.717) is 23.9 Å². The van der Waals surface area contributed by atoms with Crippen LogP contribution in [0.1, 0.15) is 31.4 Å². The van der Waals surface area contributed by atoms with E-state index < -0.39 is 44.0 Å². The second kappa shape index (κ2) is 11.0. The molecule has 2 aromatic carbocycles. The first kappa shape index (κ1) is 28.0. The molecular weight excluding hydrogens is 573 g/mol. The number of aromatic hydroxyl groups is 1. The average molecular weight is 593 g/mol. The molecule has 4 rings (SSSR count). The highest BCUT2D eigenvalue weighted by molar-refractivity contribution is 7.89. The quantitative estimate of drug-likeness (QED) is 0.294. The Balaban J connectivity index is 1.58. The van der Waals surface area contributed by atoms with E-state index in [9.17, 15) is 37.0 Å². The SMILES string of the molecule is O=c1[nH]c(=O)n(-c2cc(Cl)c(Oc3ccc(O)c(S(=O)(=O)NCCC4CC(O)C4)c3)c(Cl)c2)nc1C(F)F. The number of alkyl halides is 2. The van der Waals surface area contributed by atoms with Crippen molar-refractivity contribution in [2.24, 2.45) is 5.92 Å². The monoisotopic (exact) mass is 592 g/mol. The number of halogens is 4. The van der Waals surface area contributed by atoms with E-state index in [1.54, 1.807) is 4.98 Å². The van der Waals surface area contributed by atoms with Crippen molar-refractivity contribution in [2.45, 2.75) is 36.7 Å². The Morgan fingerprint density at radius 1 is 1.18 bits per heavy atom. The molecular formula is C22H20Cl2F2N4O7S. The summed E-state index contributed by atoms with van der Waals surface area (Å²) in [5.41, 5.74) is -3.80. The standard InChI is InChI=1S/C22H20Cl2F2N4O7S/c23-14-7-11(30-22(34)28-21(33)18(29-30)20(25)26)8-15(24)19(14)37-13-1-2-16(32)17(9-13)38(35,36)27-4-3-10-5-12(31)6-10/h1-2,7-10,12,20,27,31-32H,3-6H2,(H,28,33,34). The summed E-state index contributed by atoms with van der Waals surface area (Å²) in [5.74, 6) is -0.558. The van der Waals surface area contributed by atoms with Crippen LogP contribution in [0.15, 0.2) is 44.8 Å². The molecule has 1 heterocycles. The lowest BCUT2D eigenvalue weighted by atomic mass is 9.80. The molecule has 0 unspecified atom stereocenters. The van der Waals surface area contributed by atoms with E-state index in [4.69, 9.17) is 27.9 Å². The maximum Gasteiger partial charge on any atom is 0.349 e. The smallest absolute Gasteiger partial charge is 0.349 e. The molecule has 11 nitrogen and oxygen atoms in total. The summed E-state index contributed by atoms with van der Waals surface area (Å²) in [6.07, 6.45) is -1.86. The molecule has 1 aromatic heterocycles. The summed E-state index contributed by atoms with van der Waals surface area (Å²) in [6.45, 7) is 0.106. The van der Waals surface area contributed by atoms with Crippen LogP contribution in [0.4, 0.5) is 8.78 Å². The number of H-pyrrole nitrogens is 1. The van der Waals surface area contributed by atoms with Crippen molar-refractivity contribution in [2.75, 3.05) is 6.54 Å². The van der Waals surface area contributed by atoms with Gasteiger partial charge in [-0.2, -0.15) is 9.78 Å². The number of benzene rings is 2. The summed E-state index contributed by atoms with van der Waals surface area (Å²) < 4.78 is 60.1. The van der Waals surface area contributed by atoms with Gasteiger partial charge in [-0.15, -0.1) is 0 Å². The van der Waals surface area contributed by atoms with Crippen LogP contribution in [-0.2, 0) is 10.0 Å². The third kappa shape index (κ3) is 5.99. The van der Waals surface area contributed by atoms with Crippen molar-refractivity contribution in [3.05, 3.63) is 66.9 Å². The van der Waals surface area contributed by atoms with Crippen LogP contribution in [0.5, 0.6) is 17.2 Å². The first-order valence-electron chi connectivity index (χ1n) is 11.1. The number of aromatic nitrogens is 3. The molecule has 38 heavy (non-hydrogen) atoms. The first-order valence-corrected chi connectivity index (χ1v) is 13.3. The van der Waals surface area contributed by atoms with E-state index in [2.05, 4.69) is 9.82 Å². The number of nitrogens with one attached hydrogen (secondary N) is 2. The predicted octanol–water partition coefficient (Wildman–Crippen LogP) is 3.10. The van der Waals surface area contributed by atoms with Crippen LogP contribution in [-0.4, -0.2) is 46.0 Å². The van der Waals surface area contributed by atoms with Crippen LogP contribution < -0.4 is 20.7 Å². The summed E-state index contributed by atoms with van der Waals surface area (Å²) in [4.78, 5) is 24.9. The van der Waals surface area contributed by atoms with E-state index in [0.717, 1.165) is 24.3 Å². The lowest BCUT2D eigenvalue weighted by Gasteiger charge is -2.31. The molecule has 0 saturated heterocycles. The average Bonchev–Trinajstić information content (AvgIpc) is 2.80. The predicted molar refractivity (Wildman–Crippen MR) is 132 cm³/mol. The highest BCUT2D eigenvalue weighted by Crippen LogP contribution is 2.39. The van der Waals surface area contributed by atoms with Crippen molar-refractivity contribution < 1.29 is 32.1 Å². The first-order chi connectivity index (χ1) is 17.9. The molecule has 1 fully saturated rings. The third-order valence-corrected chi connectivity index (χ3v) is 7.84. The summed E-state index contributed by atoms with van der Waals surface area (Å²) >= 11 is 12.5. The number of aliphatic hydroxyl groups is 1. The zero-order valence-electron chi connectivity index (χ0n) is 19.2. The fourth-order valence-electron chi connectivity index (χ4n) is 3.80. The highest BCUT2D eigenvalue weighted by atomic mass is 35.5. The zero-order chi connectivity index (χ0) is 27.8. The third-order valence-electron chi connectivity index (χ3n) is 5.78. The Hall–Kier alpha value is -3.04. The van der Waals surface area contributed by atoms with Crippen LogP contribution in [0.2, 0.25) is 10.0 Å². The number of ether oxygens (including phenoxy) is 1. The van der Waals surface area contributed by atoms with Crippen molar-refractivity contribution in [3.8, 4) is 22.9 Å². The number of hydrogen-bond donors (Lipinski definition) is 4. The van der Waals surface area contributed by atoms with Crippen LogP contribution in [0.25, 0.3) is 5.69 Å². The van der Waals surface area contributed by atoms with Gasteiger partial charge in [-0.25, -0.2) is 26.7 Å². The number of phenols is 1. The maximum atomic E-state index is 13.1. The van der Waals surface area contributed by atoms with Crippen molar-refractivity contribution in [1.82, 2.24) is 19.5 Å². The molecule has 0 atom stereocenters. The number of phenolic OH excluding ortho intramolecular Hbond substituents is 1. The van der Waals surface area contributed by atoms with Crippen molar-refractivity contribution in [1.29, 1.82) is 0 Å². The molecule has 0 bridgehead atoms. The molecule has 0 radical (unpaired) electrons. The Kier molecular flexibility index (Phi) is 8.09. The van der Waals surface area contributed by atoms with Crippen LogP contribution in [0.3, 0.4) is 0 Å². The molecule has 1 saturated carbocycles. The number of hydrogen-bond acceptors (Lipinski definition) is 8. The highest BCUT2D eigenvalue weighted by Gasteiger charge is 2.28. The summed E-state index contributed by atoms with van der Waals surface area (Å²) in [7, 11) is -4.13. The Labute approximate surface area is 223 Å². The molecule has 0 spiro atoms. The number of aliphatic hydroxyl groups excluding tert-OH is 1. The van der Waals surface area contributed by atoms with Gasteiger partial charge in [-0.3, -0.25) is 9.78 Å².